The van der Waals surface area contributed by atoms with Crippen molar-refractivity contribution < 1.29 is 19.8 Å². The minimum Gasteiger partial charge on any atom is -0.480 e. The maximum Gasteiger partial charge on any atom is 0.326 e. The van der Waals surface area contributed by atoms with Crippen molar-refractivity contribution in [3.63, 3.8) is 0 Å². The number of aliphatic hydroxyl groups is 1. The van der Waals surface area contributed by atoms with E-state index in [9.17, 15) is 19.8 Å². The van der Waals surface area contributed by atoms with Gasteiger partial charge in [0.2, 0.25) is 5.91 Å². The fourth-order valence-electron chi connectivity index (χ4n) is 2.60. The van der Waals surface area contributed by atoms with E-state index in [2.05, 4.69) is 0 Å². The summed E-state index contributed by atoms with van der Waals surface area (Å²) >= 11 is 0. The standard InChI is InChI=1S/C16H21NO4/c1-16(2,3)15(21)17-8-12-6-10(9-18)4-5-11(12)7-13(17)14(19)20/h4-6,13,18H,7-9H2,1-3H3,(H,19,20)/t13-/m0/s1. The van der Waals surface area contributed by atoms with Crippen molar-refractivity contribution in [2.24, 2.45) is 5.41 Å². The van der Waals surface area contributed by atoms with Gasteiger partial charge in [-0.2, -0.15) is 0 Å². The third kappa shape index (κ3) is 3.08. The zero-order chi connectivity index (χ0) is 15.8. The molecule has 0 saturated heterocycles. The molecule has 0 saturated carbocycles. The zero-order valence-electron chi connectivity index (χ0n) is 12.6. The van der Waals surface area contributed by atoms with Gasteiger partial charge in [-0.15, -0.1) is 0 Å². The summed E-state index contributed by atoms with van der Waals surface area (Å²) in [4.78, 5) is 25.4. The van der Waals surface area contributed by atoms with Crippen LogP contribution in [0.2, 0.25) is 0 Å². The van der Waals surface area contributed by atoms with Crippen LogP contribution in [0.5, 0.6) is 0 Å². The van der Waals surface area contributed by atoms with Crippen molar-refractivity contribution in [3.8, 4) is 0 Å². The molecule has 1 aliphatic rings. The summed E-state index contributed by atoms with van der Waals surface area (Å²) in [5, 5.41) is 18.6. The van der Waals surface area contributed by atoms with Gasteiger partial charge in [-0.05, 0) is 16.7 Å². The minimum atomic E-state index is -0.982. The van der Waals surface area contributed by atoms with E-state index in [-0.39, 0.29) is 19.1 Å². The van der Waals surface area contributed by atoms with Gasteiger partial charge in [-0.1, -0.05) is 39.0 Å². The Bertz CT molecular complexity index is 574. The highest BCUT2D eigenvalue weighted by Crippen LogP contribution is 2.29. The van der Waals surface area contributed by atoms with Crippen molar-refractivity contribution in [1.29, 1.82) is 0 Å². The topological polar surface area (TPSA) is 77.8 Å². The average molecular weight is 291 g/mol. The molecule has 0 spiro atoms. The van der Waals surface area contributed by atoms with E-state index >= 15 is 0 Å². The van der Waals surface area contributed by atoms with E-state index in [1.807, 2.05) is 12.1 Å². The van der Waals surface area contributed by atoms with Gasteiger partial charge >= 0.3 is 5.97 Å². The molecule has 21 heavy (non-hydrogen) atoms. The van der Waals surface area contributed by atoms with Crippen LogP contribution in [0.25, 0.3) is 0 Å². The molecule has 0 aromatic heterocycles. The molecule has 0 aliphatic carbocycles. The van der Waals surface area contributed by atoms with Crippen LogP contribution in [0.1, 0.15) is 37.5 Å². The van der Waals surface area contributed by atoms with Gasteiger partial charge < -0.3 is 15.1 Å². The number of carboxylic acids is 1. The number of aliphatic hydroxyl groups excluding tert-OH is 1. The monoisotopic (exact) mass is 291 g/mol. The molecule has 0 fully saturated rings. The molecule has 2 rings (SSSR count). The van der Waals surface area contributed by atoms with Crippen LogP contribution >= 0.6 is 0 Å². The van der Waals surface area contributed by atoms with Crippen molar-refractivity contribution in [3.05, 3.63) is 34.9 Å². The lowest BCUT2D eigenvalue weighted by molar-refractivity contribution is -0.155. The molecule has 1 aromatic rings. The summed E-state index contributed by atoms with van der Waals surface area (Å²) in [5.74, 6) is -1.15. The van der Waals surface area contributed by atoms with Crippen molar-refractivity contribution in [1.82, 2.24) is 4.90 Å². The molecule has 114 valence electrons. The Balaban J connectivity index is 2.40. The number of amides is 1. The summed E-state index contributed by atoms with van der Waals surface area (Å²) in [7, 11) is 0. The van der Waals surface area contributed by atoms with Gasteiger partial charge in [0.1, 0.15) is 6.04 Å². The van der Waals surface area contributed by atoms with E-state index in [1.54, 1.807) is 26.8 Å². The van der Waals surface area contributed by atoms with Gasteiger partial charge in [-0.25, -0.2) is 4.79 Å². The highest BCUT2D eigenvalue weighted by atomic mass is 16.4. The Morgan fingerprint density at radius 3 is 2.48 bits per heavy atom. The molecule has 1 heterocycles. The lowest BCUT2D eigenvalue weighted by atomic mass is 9.88. The number of carbonyl (C=O) groups is 2. The number of rotatable bonds is 2. The number of nitrogens with zero attached hydrogens (tertiary/aromatic N) is 1. The summed E-state index contributed by atoms with van der Waals surface area (Å²) < 4.78 is 0. The third-order valence-electron chi connectivity index (χ3n) is 3.77. The summed E-state index contributed by atoms with van der Waals surface area (Å²) in [6.07, 6.45) is 0.304. The summed E-state index contributed by atoms with van der Waals surface area (Å²) in [6.45, 7) is 5.56. The second-order valence-corrected chi connectivity index (χ2v) is 6.50. The Kier molecular flexibility index (Phi) is 4.05. The van der Waals surface area contributed by atoms with Crippen LogP contribution in [0, 0.1) is 5.41 Å². The Morgan fingerprint density at radius 1 is 1.29 bits per heavy atom. The maximum atomic E-state index is 12.5. The second kappa shape index (κ2) is 5.48. The highest BCUT2D eigenvalue weighted by Gasteiger charge is 2.38. The predicted octanol–water partition coefficient (Wildman–Crippen LogP) is 1.56. The molecule has 0 unspecified atom stereocenters. The molecule has 0 radical (unpaired) electrons. The van der Waals surface area contributed by atoms with Gasteiger partial charge in [0.25, 0.3) is 0 Å². The van der Waals surface area contributed by atoms with E-state index in [0.29, 0.717) is 6.42 Å². The number of aliphatic carboxylic acids is 1. The highest BCUT2D eigenvalue weighted by molar-refractivity contribution is 5.87. The Hall–Kier alpha value is -1.88. The second-order valence-electron chi connectivity index (χ2n) is 6.50. The first-order valence-electron chi connectivity index (χ1n) is 6.99. The van der Waals surface area contributed by atoms with E-state index in [0.717, 1.165) is 16.7 Å². The molecule has 1 aromatic carbocycles. The average Bonchev–Trinajstić information content (AvgIpc) is 2.43. The van der Waals surface area contributed by atoms with Crippen LogP contribution in [-0.4, -0.2) is 33.0 Å². The van der Waals surface area contributed by atoms with E-state index in [1.165, 1.54) is 4.90 Å². The number of benzene rings is 1. The van der Waals surface area contributed by atoms with Crippen molar-refractivity contribution in [2.45, 2.75) is 46.4 Å². The fourth-order valence-corrected chi connectivity index (χ4v) is 2.60. The SMILES string of the molecule is CC(C)(C)C(=O)N1Cc2cc(CO)ccc2C[C@H]1C(=O)O. The minimum absolute atomic E-state index is 0.0666. The van der Waals surface area contributed by atoms with E-state index in [4.69, 9.17) is 0 Å². The fraction of sp³-hybridized carbons (Fsp3) is 0.500. The summed E-state index contributed by atoms with van der Waals surface area (Å²) in [5.41, 5.74) is 1.99. The molecule has 1 amide bonds. The number of carboxylic acid groups (broad SMARTS) is 1. The van der Waals surface area contributed by atoms with Crippen LogP contribution in [0.15, 0.2) is 18.2 Å². The lowest BCUT2D eigenvalue weighted by Gasteiger charge is -2.38. The predicted molar refractivity (Wildman–Crippen MR) is 77.5 cm³/mol. The third-order valence-corrected chi connectivity index (χ3v) is 3.77. The quantitative estimate of drug-likeness (QED) is 0.867. The Morgan fingerprint density at radius 2 is 1.95 bits per heavy atom. The largest absolute Gasteiger partial charge is 0.480 e. The maximum absolute atomic E-state index is 12.5. The number of carbonyl (C=O) groups excluding carboxylic acids is 1. The van der Waals surface area contributed by atoms with Gasteiger partial charge in [0.05, 0.1) is 6.61 Å². The first-order chi connectivity index (χ1) is 9.74. The van der Waals surface area contributed by atoms with Crippen molar-refractivity contribution >= 4 is 11.9 Å². The van der Waals surface area contributed by atoms with Gasteiger partial charge in [-0.3, -0.25) is 4.79 Å². The smallest absolute Gasteiger partial charge is 0.326 e. The molecule has 1 aliphatic heterocycles. The van der Waals surface area contributed by atoms with Crippen LogP contribution in [-0.2, 0) is 29.2 Å². The molecule has 1 atom stereocenters. The van der Waals surface area contributed by atoms with Crippen LogP contribution in [0.4, 0.5) is 0 Å². The first kappa shape index (κ1) is 15.5. The summed E-state index contributed by atoms with van der Waals surface area (Å²) in [6, 6.07) is 4.65. The van der Waals surface area contributed by atoms with Crippen LogP contribution in [0.3, 0.4) is 0 Å². The van der Waals surface area contributed by atoms with Crippen molar-refractivity contribution in [2.75, 3.05) is 0 Å². The number of hydrogen-bond donors (Lipinski definition) is 2. The lowest BCUT2D eigenvalue weighted by Crippen LogP contribution is -2.52. The molecule has 0 bridgehead atoms. The van der Waals surface area contributed by atoms with Gasteiger partial charge in [0.15, 0.2) is 0 Å². The number of fused-ring (bicyclic) bond motifs is 1. The number of hydrogen-bond acceptors (Lipinski definition) is 3. The molecular weight excluding hydrogens is 270 g/mol. The van der Waals surface area contributed by atoms with Crippen LogP contribution < -0.4 is 0 Å². The Labute approximate surface area is 124 Å². The molecular formula is C16H21NO4. The first-order valence-corrected chi connectivity index (χ1v) is 6.99. The molecule has 2 N–H and O–H groups in total. The molecule has 5 nitrogen and oxygen atoms in total. The van der Waals surface area contributed by atoms with E-state index < -0.39 is 17.4 Å². The van der Waals surface area contributed by atoms with Gasteiger partial charge in [0, 0.05) is 18.4 Å². The normalized spacial score (nSPS) is 18.3. The zero-order valence-corrected chi connectivity index (χ0v) is 12.6. The molecule has 5 heteroatoms.